The largest absolute Gasteiger partial charge is 0.462 e. The number of carbonyl (C=O) groups is 3. The third kappa shape index (κ3) is 47.3. The minimum atomic E-state index is -0.761. The fourth-order valence-corrected chi connectivity index (χ4v) is 8.04. The summed E-state index contributed by atoms with van der Waals surface area (Å²) in [6.45, 7) is 9.01. The monoisotopic (exact) mass is 835 g/mol. The Morgan fingerprint density at radius 2 is 0.559 bits per heavy atom. The minimum Gasteiger partial charge on any atom is -0.462 e. The second kappa shape index (κ2) is 47.5. The van der Waals surface area contributed by atoms with Crippen molar-refractivity contribution in [1.29, 1.82) is 0 Å². The molecule has 350 valence electrons. The van der Waals surface area contributed by atoms with Gasteiger partial charge in [-0.25, -0.2) is 0 Å². The average Bonchev–Trinajstić information content (AvgIpc) is 3.22. The molecule has 0 radical (unpaired) electrons. The molecule has 0 N–H and O–H groups in total. The maximum Gasteiger partial charge on any atom is 0.306 e. The third-order valence-corrected chi connectivity index (χ3v) is 12.0. The smallest absolute Gasteiger partial charge is 0.306 e. The highest BCUT2D eigenvalue weighted by molar-refractivity contribution is 5.71. The summed E-state index contributed by atoms with van der Waals surface area (Å²) in [6.07, 6.45) is 49.4. The second-order valence-electron chi connectivity index (χ2n) is 18.6. The Hall–Kier alpha value is -1.59. The lowest BCUT2D eigenvalue weighted by Gasteiger charge is -2.18. The molecule has 0 fully saturated rings. The Morgan fingerprint density at radius 1 is 0.322 bits per heavy atom. The molecular weight excluding hydrogens is 733 g/mol. The summed E-state index contributed by atoms with van der Waals surface area (Å²) >= 11 is 0. The molecular formula is C53H102O6. The van der Waals surface area contributed by atoms with Crippen LogP contribution in [-0.2, 0) is 28.6 Å². The number of hydrogen-bond acceptors (Lipinski definition) is 6. The zero-order chi connectivity index (χ0) is 43.1. The van der Waals surface area contributed by atoms with Gasteiger partial charge in [0.1, 0.15) is 13.2 Å². The van der Waals surface area contributed by atoms with Gasteiger partial charge in [-0.3, -0.25) is 14.4 Å². The first kappa shape index (κ1) is 57.4. The van der Waals surface area contributed by atoms with Crippen LogP contribution in [0.5, 0.6) is 0 Å². The number of ether oxygens (including phenoxy) is 3. The van der Waals surface area contributed by atoms with Crippen molar-refractivity contribution in [3.63, 3.8) is 0 Å². The number of unbranched alkanes of at least 4 members (excludes halogenated alkanes) is 35. The van der Waals surface area contributed by atoms with E-state index < -0.39 is 6.10 Å². The van der Waals surface area contributed by atoms with E-state index in [0.717, 1.165) is 63.7 Å². The minimum absolute atomic E-state index is 0.0627. The first-order valence-electron chi connectivity index (χ1n) is 26.4. The van der Waals surface area contributed by atoms with E-state index in [1.54, 1.807) is 0 Å². The van der Waals surface area contributed by atoms with Crippen LogP contribution in [-0.4, -0.2) is 37.2 Å². The zero-order valence-electron chi connectivity index (χ0n) is 40.2. The van der Waals surface area contributed by atoms with Crippen molar-refractivity contribution >= 4 is 17.9 Å². The van der Waals surface area contributed by atoms with Gasteiger partial charge in [-0.1, -0.05) is 259 Å². The molecule has 0 aromatic heterocycles. The fourth-order valence-electron chi connectivity index (χ4n) is 8.04. The molecule has 6 nitrogen and oxygen atoms in total. The Kier molecular flexibility index (Phi) is 46.2. The van der Waals surface area contributed by atoms with Crippen LogP contribution in [0.25, 0.3) is 0 Å². The molecule has 0 heterocycles. The van der Waals surface area contributed by atoms with Crippen LogP contribution in [0.2, 0.25) is 0 Å². The van der Waals surface area contributed by atoms with E-state index in [9.17, 15) is 14.4 Å². The lowest BCUT2D eigenvalue weighted by atomic mass is 10.0. The van der Waals surface area contributed by atoms with Crippen molar-refractivity contribution in [2.45, 2.75) is 303 Å². The molecule has 0 spiro atoms. The van der Waals surface area contributed by atoms with Gasteiger partial charge in [0, 0.05) is 19.3 Å². The van der Waals surface area contributed by atoms with E-state index in [1.807, 2.05) is 0 Å². The van der Waals surface area contributed by atoms with Gasteiger partial charge in [-0.15, -0.1) is 0 Å². The van der Waals surface area contributed by atoms with Crippen LogP contribution in [0.4, 0.5) is 0 Å². The van der Waals surface area contributed by atoms with Crippen LogP contribution in [0, 0.1) is 5.92 Å². The normalized spacial score (nSPS) is 11.9. The molecule has 0 bridgehead atoms. The Labute approximate surface area is 368 Å². The standard InChI is InChI=1S/C53H102O6/c1-5-7-9-11-13-15-17-19-21-23-25-29-34-38-42-46-53(56)59-50(48-58-52(55)45-41-37-33-30-26-27-31-35-39-43-49(3)4)47-57-51(54)44-40-36-32-28-24-22-20-18-16-14-12-10-8-6-2/h49-50H,5-48H2,1-4H3/t50-/m0/s1. The van der Waals surface area contributed by atoms with Crippen molar-refractivity contribution in [2.24, 2.45) is 5.92 Å². The van der Waals surface area contributed by atoms with Gasteiger partial charge in [0.2, 0.25) is 0 Å². The molecule has 0 unspecified atom stereocenters. The molecule has 0 saturated carbocycles. The van der Waals surface area contributed by atoms with Crippen molar-refractivity contribution in [3.05, 3.63) is 0 Å². The van der Waals surface area contributed by atoms with Crippen molar-refractivity contribution in [3.8, 4) is 0 Å². The molecule has 59 heavy (non-hydrogen) atoms. The summed E-state index contributed by atoms with van der Waals surface area (Å²) in [4.78, 5) is 38.0. The molecule has 0 aliphatic carbocycles. The van der Waals surface area contributed by atoms with Gasteiger partial charge in [-0.2, -0.15) is 0 Å². The highest BCUT2D eigenvalue weighted by atomic mass is 16.6. The van der Waals surface area contributed by atoms with E-state index >= 15 is 0 Å². The molecule has 0 saturated heterocycles. The second-order valence-corrected chi connectivity index (χ2v) is 18.6. The van der Waals surface area contributed by atoms with Crippen LogP contribution in [0.1, 0.15) is 297 Å². The summed E-state index contributed by atoms with van der Waals surface area (Å²) in [5, 5.41) is 0. The zero-order valence-corrected chi connectivity index (χ0v) is 40.2. The Morgan fingerprint density at radius 3 is 0.831 bits per heavy atom. The summed E-state index contributed by atoms with van der Waals surface area (Å²) in [5.74, 6) is -0.0347. The molecule has 0 aliphatic rings. The average molecular weight is 835 g/mol. The molecule has 6 heteroatoms. The fraction of sp³-hybridized carbons (Fsp3) is 0.943. The van der Waals surface area contributed by atoms with Crippen LogP contribution in [0.15, 0.2) is 0 Å². The predicted molar refractivity (Wildman–Crippen MR) is 252 cm³/mol. The number of esters is 3. The SMILES string of the molecule is CCCCCCCCCCCCCCCCCC(=O)O[C@@H](COC(=O)CCCCCCCCCCCCCCCC)COC(=O)CCCCCCCCCCCC(C)C. The number of carbonyl (C=O) groups excluding carboxylic acids is 3. The van der Waals surface area contributed by atoms with E-state index in [2.05, 4.69) is 27.7 Å². The Bertz CT molecular complexity index is 887. The predicted octanol–water partition coefficient (Wildman–Crippen LogP) is 17.1. The van der Waals surface area contributed by atoms with Crippen LogP contribution in [0.3, 0.4) is 0 Å². The van der Waals surface area contributed by atoms with E-state index in [0.29, 0.717) is 19.3 Å². The van der Waals surface area contributed by atoms with Crippen molar-refractivity contribution < 1.29 is 28.6 Å². The van der Waals surface area contributed by atoms with Crippen molar-refractivity contribution in [1.82, 2.24) is 0 Å². The Balaban J connectivity index is 4.31. The lowest BCUT2D eigenvalue weighted by Crippen LogP contribution is -2.30. The van der Waals surface area contributed by atoms with E-state index in [1.165, 1.54) is 193 Å². The number of rotatable bonds is 48. The molecule has 0 amide bonds. The van der Waals surface area contributed by atoms with Crippen LogP contribution >= 0.6 is 0 Å². The molecule has 1 atom stereocenters. The van der Waals surface area contributed by atoms with Crippen LogP contribution < -0.4 is 0 Å². The first-order valence-corrected chi connectivity index (χ1v) is 26.4. The maximum atomic E-state index is 12.8. The first-order chi connectivity index (χ1) is 28.9. The summed E-state index contributed by atoms with van der Waals surface area (Å²) in [7, 11) is 0. The lowest BCUT2D eigenvalue weighted by molar-refractivity contribution is -0.167. The van der Waals surface area contributed by atoms with Gasteiger partial charge < -0.3 is 14.2 Å². The van der Waals surface area contributed by atoms with Gasteiger partial charge in [0.25, 0.3) is 0 Å². The highest BCUT2D eigenvalue weighted by Gasteiger charge is 2.19. The van der Waals surface area contributed by atoms with Crippen molar-refractivity contribution in [2.75, 3.05) is 13.2 Å². The molecule has 0 aromatic carbocycles. The van der Waals surface area contributed by atoms with E-state index in [-0.39, 0.29) is 31.1 Å². The van der Waals surface area contributed by atoms with Gasteiger partial charge in [0.05, 0.1) is 0 Å². The maximum absolute atomic E-state index is 12.8. The summed E-state index contributed by atoms with van der Waals surface area (Å²) < 4.78 is 16.8. The highest BCUT2D eigenvalue weighted by Crippen LogP contribution is 2.17. The van der Waals surface area contributed by atoms with Gasteiger partial charge in [-0.05, 0) is 25.2 Å². The summed E-state index contributed by atoms with van der Waals surface area (Å²) in [6, 6.07) is 0. The summed E-state index contributed by atoms with van der Waals surface area (Å²) in [5.41, 5.74) is 0. The van der Waals surface area contributed by atoms with Gasteiger partial charge in [0.15, 0.2) is 6.10 Å². The quantitative estimate of drug-likeness (QED) is 0.0345. The molecule has 0 aliphatic heterocycles. The molecule has 0 rings (SSSR count). The van der Waals surface area contributed by atoms with E-state index in [4.69, 9.17) is 14.2 Å². The third-order valence-electron chi connectivity index (χ3n) is 12.0. The van der Waals surface area contributed by atoms with Gasteiger partial charge >= 0.3 is 17.9 Å². The topological polar surface area (TPSA) is 78.9 Å². The number of hydrogen-bond donors (Lipinski definition) is 0. The molecule has 0 aromatic rings.